The van der Waals surface area contributed by atoms with Crippen LogP contribution in [0.4, 0.5) is 4.79 Å². The molecule has 0 aliphatic rings. The number of carbonyl (C=O) groups excluding carboxylic acids is 1. The third-order valence-electron chi connectivity index (χ3n) is 1.83. The van der Waals surface area contributed by atoms with Crippen LogP contribution in [0.5, 0.6) is 0 Å². The van der Waals surface area contributed by atoms with E-state index in [1.165, 1.54) is 0 Å². The molecule has 0 aromatic carbocycles. The summed E-state index contributed by atoms with van der Waals surface area (Å²) in [6, 6.07) is 0.0606. The van der Waals surface area contributed by atoms with E-state index >= 15 is 0 Å². The fourth-order valence-corrected chi connectivity index (χ4v) is 1.02. The van der Waals surface area contributed by atoms with Crippen molar-refractivity contribution in [2.45, 2.75) is 13.8 Å². The minimum atomic E-state index is 0.0606. The van der Waals surface area contributed by atoms with Crippen LogP contribution >= 0.6 is 0 Å². The molecule has 0 rings (SSSR count). The Morgan fingerprint density at radius 1 is 1.33 bits per heavy atom. The van der Waals surface area contributed by atoms with Crippen LogP contribution in [0.2, 0.25) is 0 Å². The van der Waals surface area contributed by atoms with E-state index in [1.54, 1.807) is 16.8 Å². The quantitative estimate of drug-likeness (QED) is 0.666. The normalized spacial score (nSPS) is 9.67. The van der Waals surface area contributed by atoms with Crippen LogP contribution in [-0.4, -0.2) is 49.1 Å². The van der Waals surface area contributed by atoms with E-state index in [1.807, 2.05) is 13.8 Å². The average molecular weight is 173 g/mol. The van der Waals surface area contributed by atoms with Gasteiger partial charge in [-0.25, -0.2) is 4.79 Å². The van der Waals surface area contributed by atoms with Gasteiger partial charge < -0.3 is 15.5 Å². The Labute approximate surface area is 74.3 Å². The topological polar surface area (TPSA) is 49.6 Å². The number of amides is 2. The molecule has 2 N–H and O–H groups in total. The maximum absolute atomic E-state index is 11.5. The summed E-state index contributed by atoms with van der Waals surface area (Å²) in [5.41, 5.74) is 5.34. The van der Waals surface area contributed by atoms with E-state index in [-0.39, 0.29) is 6.03 Å². The molecule has 0 saturated heterocycles. The van der Waals surface area contributed by atoms with Crippen LogP contribution in [0, 0.1) is 0 Å². The lowest BCUT2D eigenvalue weighted by Crippen LogP contribution is -2.42. The van der Waals surface area contributed by atoms with Gasteiger partial charge in [-0.05, 0) is 13.8 Å². The highest BCUT2D eigenvalue weighted by molar-refractivity contribution is 5.74. The standard InChI is InChI=1S/C8H19N3O/c1-4-11(5-2)8(12)10(3)7-6-9/h4-7,9H2,1-3H3. The Bertz CT molecular complexity index is 134. The molecule has 0 aromatic heterocycles. The second kappa shape index (κ2) is 5.83. The molecule has 2 amide bonds. The first-order valence-corrected chi connectivity index (χ1v) is 4.37. The first kappa shape index (κ1) is 11.2. The van der Waals surface area contributed by atoms with Crippen molar-refractivity contribution in [2.24, 2.45) is 5.73 Å². The molecule has 0 aliphatic heterocycles. The summed E-state index contributed by atoms with van der Waals surface area (Å²) >= 11 is 0. The number of likely N-dealkylation sites (N-methyl/N-ethyl adjacent to an activating group) is 1. The molecule has 12 heavy (non-hydrogen) atoms. The summed E-state index contributed by atoms with van der Waals surface area (Å²) in [6.45, 7) is 6.59. The minimum Gasteiger partial charge on any atom is -0.329 e. The lowest BCUT2D eigenvalue weighted by Gasteiger charge is -2.25. The smallest absolute Gasteiger partial charge is 0.319 e. The van der Waals surface area contributed by atoms with Gasteiger partial charge in [-0.3, -0.25) is 0 Å². The lowest BCUT2D eigenvalue weighted by molar-refractivity contribution is 0.169. The first-order chi connectivity index (χ1) is 5.67. The number of urea groups is 1. The zero-order chi connectivity index (χ0) is 9.56. The number of nitrogens with two attached hydrogens (primary N) is 1. The lowest BCUT2D eigenvalue weighted by atomic mass is 10.5. The summed E-state index contributed by atoms with van der Waals surface area (Å²) in [4.78, 5) is 14.9. The molecular formula is C8H19N3O. The summed E-state index contributed by atoms with van der Waals surface area (Å²) in [6.07, 6.45) is 0. The number of hydrogen-bond acceptors (Lipinski definition) is 2. The van der Waals surface area contributed by atoms with Crippen LogP contribution in [0.25, 0.3) is 0 Å². The molecule has 0 spiro atoms. The molecule has 0 aromatic rings. The van der Waals surface area contributed by atoms with E-state index in [0.29, 0.717) is 13.1 Å². The molecule has 0 unspecified atom stereocenters. The second-order valence-corrected chi connectivity index (χ2v) is 2.67. The average Bonchev–Trinajstić information content (AvgIpc) is 2.07. The van der Waals surface area contributed by atoms with Crippen molar-refractivity contribution in [3.05, 3.63) is 0 Å². The second-order valence-electron chi connectivity index (χ2n) is 2.67. The zero-order valence-electron chi connectivity index (χ0n) is 8.21. The van der Waals surface area contributed by atoms with Gasteiger partial charge in [0.2, 0.25) is 0 Å². The number of rotatable bonds is 4. The Hall–Kier alpha value is -0.770. The third kappa shape index (κ3) is 3.09. The van der Waals surface area contributed by atoms with Gasteiger partial charge in [-0.15, -0.1) is 0 Å². The highest BCUT2D eigenvalue weighted by Crippen LogP contribution is 1.94. The van der Waals surface area contributed by atoms with Crippen molar-refractivity contribution in [2.75, 3.05) is 33.2 Å². The van der Waals surface area contributed by atoms with Crippen molar-refractivity contribution >= 4 is 6.03 Å². The third-order valence-corrected chi connectivity index (χ3v) is 1.83. The maximum Gasteiger partial charge on any atom is 0.319 e. The number of nitrogens with zero attached hydrogens (tertiary/aromatic N) is 2. The van der Waals surface area contributed by atoms with Crippen molar-refractivity contribution in [3.63, 3.8) is 0 Å². The predicted molar refractivity (Wildman–Crippen MR) is 50.0 cm³/mol. The van der Waals surface area contributed by atoms with E-state index in [4.69, 9.17) is 5.73 Å². The molecule has 0 atom stereocenters. The van der Waals surface area contributed by atoms with Crippen LogP contribution in [0.1, 0.15) is 13.8 Å². The van der Waals surface area contributed by atoms with Crippen molar-refractivity contribution < 1.29 is 4.79 Å². The largest absolute Gasteiger partial charge is 0.329 e. The molecule has 0 bridgehead atoms. The Kier molecular flexibility index (Phi) is 5.45. The van der Waals surface area contributed by atoms with Gasteiger partial charge in [-0.2, -0.15) is 0 Å². The molecule has 4 nitrogen and oxygen atoms in total. The van der Waals surface area contributed by atoms with Crippen LogP contribution in [0.3, 0.4) is 0 Å². The molecule has 4 heteroatoms. The number of carbonyl (C=O) groups is 1. The van der Waals surface area contributed by atoms with Crippen LogP contribution in [0.15, 0.2) is 0 Å². The maximum atomic E-state index is 11.5. The highest BCUT2D eigenvalue weighted by Gasteiger charge is 2.12. The summed E-state index contributed by atoms with van der Waals surface area (Å²) in [5.74, 6) is 0. The molecule has 0 heterocycles. The van der Waals surface area contributed by atoms with Gasteiger partial charge in [0.25, 0.3) is 0 Å². The minimum absolute atomic E-state index is 0.0606. The summed E-state index contributed by atoms with van der Waals surface area (Å²) in [7, 11) is 1.77. The molecule has 72 valence electrons. The fourth-order valence-electron chi connectivity index (χ4n) is 1.02. The number of hydrogen-bond donors (Lipinski definition) is 1. The zero-order valence-corrected chi connectivity index (χ0v) is 8.21. The van der Waals surface area contributed by atoms with Gasteiger partial charge in [0, 0.05) is 33.2 Å². The van der Waals surface area contributed by atoms with Gasteiger partial charge >= 0.3 is 6.03 Å². The van der Waals surface area contributed by atoms with Crippen LogP contribution in [-0.2, 0) is 0 Å². The summed E-state index contributed by atoms with van der Waals surface area (Å²) in [5, 5.41) is 0. The van der Waals surface area contributed by atoms with Crippen molar-refractivity contribution in [1.82, 2.24) is 9.80 Å². The van der Waals surface area contributed by atoms with Gasteiger partial charge in [0.1, 0.15) is 0 Å². The van der Waals surface area contributed by atoms with Crippen LogP contribution < -0.4 is 5.73 Å². The Balaban J connectivity index is 3.97. The molecule has 0 fully saturated rings. The highest BCUT2D eigenvalue weighted by atomic mass is 16.2. The van der Waals surface area contributed by atoms with E-state index in [2.05, 4.69) is 0 Å². The predicted octanol–water partition coefficient (Wildman–Crippen LogP) is 0.339. The first-order valence-electron chi connectivity index (χ1n) is 4.37. The van der Waals surface area contributed by atoms with Gasteiger partial charge in [0.15, 0.2) is 0 Å². The Morgan fingerprint density at radius 3 is 2.17 bits per heavy atom. The van der Waals surface area contributed by atoms with E-state index in [0.717, 1.165) is 13.1 Å². The van der Waals surface area contributed by atoms with Gasteiger partial charge in [-0.1, -0.05) is 0 Å². The Morgan fingerprint density at radius 2 is 1.83 bits per heavy atom. The SMILES string of the molecule is CCN(CC)C(=O)N(C)CCN. The molecular weight excluding hydrogens is 154 g/mol. The monoisotopic (exact) mass is 173 g/mol. The molecule has 0 aliphatic carbocycles. The molecule has 0 saturated carbocycles. The van der Waals surface area contributed by atoms with Crippen molar-refractivity contribution in [3.8, 4) is 0 Å². The summed E-state index contributed by atoms with van der Waals surface area (Å²) < 4.78 is 0. The molecule has 0 radical (unpaired) electrons. The fraction of sp³-hybridized carbons (Fsp3) is 0.875. The van der Waals surface area contributed by atoms with E-state index < -0.39 is 0 Å². The van der Waals surface area contributed by atoms with Crippen molar-refractivity contribution in [1.29, 1.82) is 0 Å². The van der Waals surface area contributed by atoms with E-state index in [9.17, 15) is 4.79 Å². The van der Waals surface area contributed by atoms with Gasteiger partial charge in [0.05, 0.1) is 0 Å².